The van der Waals surface area contributed by atoms with Crippen molar-refractivity contribution in [1.29, 1.82) is 5.26 Å². The lowest BCUT2D eigenvalue weighted by Gasteiger charge is -2.24. The van der Waals surface area contributed by atoms with Gasteiger partial charge in [0.1, 0.15) is 17.5 Å². The molecule has 0 aliphatic carbocycles. The number of allylic oxidation sites excluding steroid dienone is 1. The Labute approximate surface area is 165 Å². The molecular formula is C23H15FN4O. The Morgan fingerprint density at radius 3 is 2.69 bits per heavy atom. The van der Waals surface area contributed by atoms with Crippen LogP contribution in [0.4, 0.5) is 4.39 Å². The molecule has 1 aliphatic rings. The van der Waals surface area contributed by atoms with Crippen LogP contribution in [0.25, 0.3) is 22.0 Å². The molecule has 0 unspecified atom stereocenters. The second-order valence-electron chi connectivity index (χ2n) is 6.82. The molecule has 0 spiro atoms. The van der Waals surface area contributed by atoms with Crippen LogP contribution in [0.15, 0.2) is 78.2 Å². The number of fused-ring (bicyclic) bond motifs is 2. The first-order valence-corrected chi connectivity index (χ1v) is 9.07. The maximum atomic E-state index is 14.0. The Bertz CT molecular complexity index is 1330. The van der Waals surface area contributed by atoms with Gasteiger partial charge in [-0.2, -0.15) is 5.26 Å². The van der Waals surface area contributed by atoms with Crippen molar-refractivity contribution in [2.24, 2.45) is 5.73 Å². The van der Waals surface area contributed by atoms with Gasteiger partial charge >= 0.3 is 0 Å². The molecule has 2 heterocycles. The molecular weight excluding hydrogens is 367 g/mol. The molecule has 3 aromatic carbocycles. The van der Waals surface area contributed by atoms with Gasteiger partial charge in [-0.3, -0.25) is 5.10 Å². The van der Waals surface area contributed by atoms with Gasteiger partial charge in [0.2, 0.25) is 11.8 Å². The standard InChI is InChI=1S/C23H15FN4O/c24-15-8-3-7-14(11-15)19-18(12-25)22(26)29-23-20(19)21(27-28-23)17-10-4-6-13-5-1-2-9-16(13)17/h1-11,19H,26H2,(H,27,28)/t19-/m0/s1. The molecule has 0 amide bonds. The van der Waals surface area contributed by atoms with Crippen LogP contribution in [0.3, 0.4) is 0 Å². The van der Waals surface area contributed by atoms with E-state index in [2.05, 4.69) is 16.3 Å². The molecule has 0 radical (unpaired) electrons. The van der Waals surface area contributed by atoms with E-state index < -0.39 is 5.92 Å². The first-order chi connectivity index (χ1) is 14.2. The summed E-state index contributed by atoms with van der Waals surface area (Å²) in [4.78, 5) is 0. The van der Waals surface area contributed by atoms with E-state index in [0.29, 0.717) is 22.7 Å². The van der Waals surface area contributed by atoms with Gasteiger partial charge in [-0.25, -0.2) is 4.39 Å². The minimum Gasteiger partial charge on any atom is -0.420 e. The number of aromatic nitrogens is 2. The topological polar surface area (TPSA) is 87.7 Å². The maximum absolute atomic E-state index is 14.0. The minimum absolute atomic E-state index is 0.0229. The van der Waals surface area contributed by atoms with Crippen molar-refractivity contribution in [2.45, 2.75) is 5.92 Å². The van der Waals surface area contributed by atoms with Crippen LogP contribution in [-0.4, -0.2) is 10.2 Å². The Morgan fingerprint density at radius 2 is 1.86 bits per heavy atom. The molecule has 3 N–H and O–H groups in total. The molecule has 1 atom stereocenters. The number of rotatable bonds is 2. The number of nitriles is 1. The number of hydrogen-bond acceptors (Lipinski definition) is 4. The molecule has 5 rings (SSSR count). The van der Waals surface area contributed by atoms with Crippen LogP contribution in [0.5, 0.6) is 5.88 Å². The fraction of sp³-hybridized carbons (Fsp3) is 0.0435. The number of halogens is 1. The summed E-state index contributed by atoms with van der Waals surface area (Å²) in [6.07, 6.45) is 0. The first kappa shape index (κ1) is 17.0. The molecule has 5 nitrogen and oxygen atoms in total. The smallest absolute Gasteiger partial charge is 0.244 e. The van der Waals surface area contributed by atoms with Crippen molar-refractivity contribution in [3.63, 3.8) is 0 Å². The third-order valence-electron chi connectivity index (χ3n) is 5.18. The van der Waals surface area contributed by atoms with Crippen molar-refractivity contribution in [1.82, 2.24) is 10.2 Å². The first-order valence-electron chi connectivity index (χ1n) is 9.07. The highest BCUT2D eigenvalue weighted by atomic mass is 19.1. The van der Waals surface area contributed by atoms with E-state index in [4.69, 9.17) is 10.5 Å². The fourth-order valence-electron chi connectivity index (χ4n) is 3.91. The van der Waals surface area contributed by atoms with Crippen molar-refractivity contribution in [3.05, 3.63) is 95.1 Å². The summed E-state index contributed by atoms with van der Waals surface area (Å²) in [6, 6.07) is 22.3. The number of nitrogens with one attached hydrogen (secondary N) is 1. The number of hydrogen-bond donors (Lipinski definition) is 2. The summed E-state index contributed by atoms with van der Waals surface area (Å²) < 4.78 is 19.6. The number of nitrogens with two attached hydrogens (primary N) is 1. The van der Waals surface area contributed by atoms with Crippen molar-refractivity contribution in [2.75, 3.05) is 0 Å². The highest BCUT2D eigenvalue weighted by molar-refractivity contribution is 5.97. The molecule has 6 heteroatoms. The highest BCUT2D eigenvalue weighted by Crippen LogP contribution is 2.46. The summed E-state index contributed by atoms with van der Waals surface area (Å²) in [5, 5.41) is 19.2. The maximum Gasteiger partial charge on any atom is 0.244 e. The normalized spacial score (nSPS) is 15.7. The van der Waals surface area contributed by atoms with Crippen molar-refractivity contribution in [3.8, 4) is 23.2 Å². The van der Waals surface area contributed by atoms with Gasteiger partial charge in [0.15, 0.2) is 0 Å². The van der Waals surface area contributed by atoms with E-state index >= 15 is 0 Å². The molecule has 0 bridgehead atoms. The average molecular weight is 382 g/mol. The zero-order chi connectivity index (χ0) is 20.0. The summed E-state index contributed by atoms with van der Waals surface area (Å²) in [7, 11) is 0. The van der Waals surface area contributed by atoms with E-state index in [-0.39, 0.29) is 17.3 Å². The second-order valence-corrected chi connectivity index (χ2v) is 6.82. The lowest BCUT2D eigenvalue weighted by Crippen LogP contribution is -2.21. The monoisotopic (exact) mass is 382 g/mol. The quantitative estimate of drug-likeness (QED) is 0.531. The average Bonchev–Trinajstić information content (AvgIpc) is 3.15. The third-order valence-corrected chi connectivity index (χ3v) is 5.18. The zero-order valence-corrected chi connectivity index (χ0v) is 15.2. The Kier molecular flexibility index (Phi) is 3.81. The zero-order valence-electron chi connectivity index (χ0n) is 15.2. The molecule has 4 aromatic rings. The Morgan fingerprint density at radius 1 is 1.07 bits per heavy atom. The Balaban J connectivity index is 1.80. The van der Waals surface area contributed by atoms with Crippen LogP contribution in [0.1, 0.15) is 17.0 Å². The van der Waals surface area contributed by atoms with E-state index in [9.17, 15) is 9.65 Å². The molecule has 0 fully saturated rings. The van der Waals surface area contributed by atoms with Crippen LogP contribution >= 0.6 is 0 Å². The van der Waals surface area contributed by atoms with Crippen LogP contribution in [0.2, 0.25) is 0 Å². The van der Waals surface area contributed by atoms with Gasteiger partial charge in [-0.05, 0) is 28.5 Å². The van der Waals surface area contributed by atoms with Gasteiger partial charge in [-0.1, -0.05) is 54.6 Å². The van der Waals surface area contributed by atoms with Crippen LogP contribution in [0, 0.1) is 17.1 Å². The molecule has 0 saturated heterocycles. The number of ether oxygens (including phenoxy) is 1. The molecule has 0 saturated carbocycles. The summed E-state index contributed by atoms with van der Waals surface area (Å²) in [5.74, 6) is -0.710. The third kappa shape index (κ3) is 2.64. The van der Waals surface area contributed by atoms with Gasteiger partial charge in [0.25, 0.3) is 0 Å². The number of benzene rings is 3. The molecule has 1 aromatic heterocycles. The predicted molar refractivity (Wildman–Crippen MR) is 107 cm³/mol. The lowest BCUT2D eigenvalue weighted by molar-refractivity contribution is 0.379. The van der Waals surface area contributed by atoms with E-state index in [1.165, 1.54) is 12.1 Å². The summed E-state index contributed by atoms with van der Waals surface area (Å²) in [5.41, 5.74) is 9.13. The van der Waals surface area contributed by atoms with Crippen LogP contribution < -0.4 is 10.5 Å². The van der Waals surface area contributed by atoms with Gasteiger partial charge in [0, 0.05) is 5.56 Å². The lowest BCUT2D eigenvalue weighted by atomic mass is 9.82. The van der Waals surface area contributed by atoms with Gasteiger partial charge < -0.3 is 10.5 Å². The number of nitrogens with zero attached hydrogens (tertiary/aromatic N) is 2. The predicted octanol–water partition coefficient (Wildman–Crippen LogP) is 4.59. The highest BCUT2D eigenvalue weighted by Gasteiger charge is 2.36. The molecule has 140 valence electrons. The summed E-state index contributed by atoms with van der Waals surface area (Å²) >= 11 is 0. The van der Waals surface area contributed by atoms with E-state index in [1.807, 2.05) is 42.5 Å². The van der Waals surface area contributed by atoms with Gasteiger partial charge in [0.05, 0.1) is 17.2 Å². The molecule has 29 heavy (non-hydrogen) atoms. The van der Waals surface area contributed by atoms with Crippen LogP contribution in [-0.2, 0) is 0 Å². The second kappa shape index (κ2) is 6.50. The SMILES string of the molecule is N#CC1=C(N)Oc2n[nH]c(-c3cccc4ccccc34)c2[C@H]1c1cccc(F)c1. The van der Waals surface area contributed by atoms with E-state index in [0.717, 1.165) is 16.3 Å². The van der Waals surface area contributed by atoms with E-state index in [1.54, 1.807) is 12.1 Å². The van der Waals surface area contributed by atoms with Gasteiger partial charge in [-0.15, -0.1) is 5.10 Å². The largest absolute Gasteiger partial charge is 0.420 e. The summed E-state index contributed by atoms with van der Waals surface area (Å²) in [6.45, 7) is 0. The number of H-pyrrole nitrogens is 1. The minimum atomic E-state index is -0.591. The number of aromatic amines is 1. The molecule has 1 aliphatic heterocycles. The van der Waals surface area contributed by atoms with Crippen molar-refractivity contribution < 1.29 is 9.13 Å². The van der Waals surface area contributed by atoms with Crippen molar-refractivity contribution >= 4 is 10.8 Å². The fourth-order valence-corrected chi connectivity index (χ4v) is 3.91. The Hall–Kier alpha value is -4.11.